The summed E-state index contributed by atoms with van der Waals surface area (Å²) in [4.78, 5) is 4.21. The summed E-state index contributed by atoms with van der Waals surface area (Å²) >= 11 is 0. The fourth-order valence-electron chi connectivity index (χ4n) is 1.98. The first-order chi connectivity index (χ1) is 8.86. The first kappa shape index (κ1) is 13.3. The minimum atomic E-state index is 0.808. The van der Waals surface area contributed by atoms with Crippen LogP contribution in [0.3, 0.4) is 0 Å². The standard InChI is InChI=1S/C15H24N2O/c1-13-15(7-6-11-16-13)18-12-5-3-2-4-10-17-14-8-9-14/h6-7,11,14,17H,2-5,8-10,12H2,1H3. The van der Waals surface area contributed by atoms with E-state index in [1.165, 1.54) is 38.6 Å². The Morgan fingerprint density at radius 1 is 1.28 bits per heavy atom. The van der Waals surface area contributed by atoms with Crippen molar-refractivity contribution in [1.29, 1.82) is 0 Å². The Kier molecular flexibility index (Phi) is 5.46. The molecule has 2 rings (SSSR count). The molecule has 0 atom stereocenters. The second kappa shape index (κ2) is 7.37. The monoisotopic (exact) mass is 248 g/mol. The van der Waals surface area contributed by atoms with Gasteiger partial charge in [-0.05, 0) is 51.3 Å². The van der Waals surface area contributed by atoms with Crippen molar-refractivity contribution < 1.29 is 4.74 Å². The Labute approximate surface area is 110 Å². The van der Waals surface area contributed by atoms with Gasteiger partial charge in [-0.1, -0.05) is 12.8 Å². The highest BCUT2D eigenvalue weighted by molar-refractivity contribution is 5.25. The average Bonchev–Trinajstić information content (AvgIpc) is 3.19. The van der Waals surface area contributed by atoms with Crippen molar-refractivity contribution in [3.8, 4) is 5.75 Å². The van der Waals surface area contributed by atoms with Gasteiger partial charge in [-0.2, -0.15) is 0 Å². The van der Waals surface area contributed by atoms with Crippen LogP contribution in [-0.4, -0.2) is 24.2 Å². The lowest BCUT2D eigenvalue weighted by molar-refractivity contribution is 0.301. The number of hydrogen-bond acceptors (Lipinski definition) is 3. The highest BCUT2D eigenvalue weighted by Crippen LogP contribution is 2.18. The Balaban J connectivity index is 1.44. The maximum atomic E-state index is 5.71. The molecule has 0 aliphatic heterocycles. The highest BCUT2D eigenvalue weighted by Gasteiger charge is 2.19. The van der Waals surface area contributed by atoms with Crippen molar-refractivity contribution >= 4 is 0 Å². The molecular formula is C15H24N2O. The zero-order valence-electron chi connectivity index (χ0n) is 11.3. The quantitative estimate of drug-likeness (QED) is 0.682. The largest absolute Gasteiger partial charge is 0.492 e. The van der Waals surface area contributed by atoms with Crippen molar-refractivity contribution in [3.05, 3.63) is 24.0 Å². The molecule has 1 aliphatic rings. The molecule has 0 bridgehead atoms. The Bertz CT molecular complexity index is 350. The summed E-state index contributed by atoms with van der Waals surface area (Å²) < 4.78 is 5.71. The summed E-state index contributed by atoms with van der Waals surface area (Å²) in [6, 6.07) is 4.76. The maximum absolute atomic E-state index is 5.71. The number of pyridine rings is 1. The first-order valence-corrected chi connectivity index (χ1v) is 7.14. The Morgan fingerprint density at radius 2 is 2.11 bits per heavy atom. The van der Waals surface area contributed by atoms with Crippen LogP contribution in [0, 0.1) is 6.92 Å². The number of nitrogens with zero attached hydrogens (tertiary/aromatic N) is 1. The van der Waals surface area contributed by atoms with E-state index < -0.39 is 0 Å². The normalized spacial score (nSPS) is 14.7. The third-order valence-corrected chi connectivity index (χ3v) is 3.30. The molecule has 1 aliphatic carbocycles. The molecule has 1 saturated carbocycles. The molecule has 100 valence electrons. The zero-order valence-corrected chi connectivity index (χ0v) is 11.3. The summed E-state index contributed by atoms with van der Waals surface area (Å²) in [5.74, 6) is 0.924. The van der Waals surface area contributed by atoms with Gasteiger partial charge in [-0.25, -0.2) is 0 Å². The van der Waals surface area contributed by atoms with Crippen molar-refractivity contribution in [2.75, 3.05) is 13.2 Å². The molecule has 3 nitrogen and oxygen atoms in total. The fraction of sp³-hybridized carbons (Fsp3) is 0.667. The minimum Gasteiger partial charge on any atom is -0.492 e. The number of hydrogen-bond donors (Lipinski definition) is 1. The summed E-state index contributed by atoms with van der Waals surface area (Å²) in [6.07, 6.45) is 9.56. The molecule has 18 heavy (non-hydrogen) atoms. The lowest BCUT2D eigenvalue weighted by Crippen LogP contribution is -2.17. The minimum absolute atomic E-state index is 0.808. The second-order valence-electron chi connectivity index (χ2n) is 5.08. The second-order valence-corrected chi connectivity index (χ2v) is 5.08. The van der Waals surface area contributed by atoms with Gasteiger partial charge in [0.1, 0.15) is 5.75 Å². The molecule has 0 radical (unpaired) electrons. The van der Waals surface area contributed by atoms with E-state index in [2.05, 4.69) is 10.3 Å². The van der Waals surface area contributed by atoms with Crippen LogP contribution < -0.4 is 10.1 Å². The van der Waals surface area contributed by atoms with Crippen LogP contribution in [0.5, 0.6) is 5.75 Å². The summed E-state index contributed by atoms with van der Waals surface area (Å²) in [7, 11) is 0. The van der Waals surface area contributed by atoms with Gasteiger partial charge in [-0.3, -0.25) is 4.98 Å². The number of rotatable bonds is 9. The molecule has 1 N–H and O–H groups in total. The van der Waals surface area contributed by atoms with Gasteiger partial charge in [0, 0.05) is 12.2 Å². The molecule has 3 heteroatoms. The van der Waals surface area contributed by atoms with Crippen LogP contribution >= 0.6 is 0 Å². The van der Waals surface area contributed by atoms with E-state index in [0.717, 1.165) is 30.5 Å². The average molecular weight is 248 g/mol. The van der Waals surface area contributed by atoms with Gasteiger partial charge in [0.05, 0.1) is 12.3 Å². The van der Waals surface area contributed by atoms with E-state index in [1.54, 1.807) is 6.20 Å². The number of ether oxygens (including phenoxy) is 1. The molecule has 1 aromatic heterocycles. The molecule has 1 aromatic rings. The summed E-state index contributed by atoms with van der Waals surface area (Å²) in [6.45, 7) is 3.98. The number of nitrogens with one attached hydrogen (secondary N) is 1. The van der Waals surface area contributed by atoms with Gasteiger partial charge >= 0.3 is 0 Å². The maximum Gasteiger partial charge on any atom is 0.140 e. The number of aryl methyl sites for hydroxylation is 1. The molecule has 0 saturated heterocycles. The van der Waals surface area contributed by atoms with Crippen LogP contribution in [0.4, 0.5) is 0 Å². The van der Waals surface area contributed by atoms with Crippen LogP contribution in [0.1, 0.15) is 44.2 Å². The summed E-state index contributed by atoms with van der Waals surface area (Å²) in [5.41, 5.74) is 0.978. The third-order valence-electron chi connectivity index (χ3n) is 3.30. The lowest BCUT2D eigenvalue weighted by Gasteiger charge is -2.08. The molecule has 0 unspecified atom stereocenters. The van der Waals surface area contributed by atoms with E-state index in [1.807, 2.05) is 19.1 Å². The third kappa shape index (κ3) is 5.05. The topological polar surface area (TPSA) is 34.1 Å². The zero-order chi connectivity index (χ0) is 12.6. The van der Waals surface area contributed by atoms with Crippen molar-refractivity contribution in [1.82, 2.24) is 10.3 Å². The smallest absolute Gasteiger partial charge is 0.140 e. The molecule has 1 fully saturated rings. The predicted octanol–water partition coefficient (Wildman–Crippen LogP) is 3.08. The van der Waals surface area contributed by atoms with E-state index in [0.29, 0.717) is 0 Å². The van der Waals surface area contributed by atoms with Gasteiger partial charge in [-0.15, -0.1) is 0 Å². The Hall–Kier alpha value is -1.09. The fourth-order valence-corrected chi connectivity index (χ4v) is 1.98. The molecular weight excluding hydrogens is 224 g/mol. The molecule has 1 heterocycles. The van der Waals surface area contributed by atoms with E-state index in [4.69, 9.17) is 4.74 Å². The lowest BCUT2D eigenvalue weighted by atomic mass is 10.2. The first-order valence-electron chi connectivity index (χ1n) is 7.14. The van der Waals surface area contributed by atoms with Crippen LogP contribution in [0.15, 0.2) is 18.3 Å². The van der Waals surface area contributed by atoms with E-state index in [9.17, 15) is 0 Å². The van der Waals surface area contributed by atoms with Gasteiger partial charge in [0.15, 0.2) is 0 Å². The predicted molar refractivity (Wildman–Crippen MR) is 74.0 cm³/mol. The number of aromatic nitrogens is 1. The van der Waals surface area contributed by atoms with E-state index in [-0.39, 0.29) is 0 Å². The van der Waals surface area contributed by atoms with Crippen molar-refractivity contribution in [3.63, 3.8) is 0 Å². The van der Waals surface area contributed by atoms with E-state index >= 15 is 0 Å². The SMILES string of the molecule is Cc1ncccc1OCCCCCCNC1CC1. The van der Waals surface area contributed by atoms with Crippen molar-refractivity contribution in [2.45, 2.75) is 51.5 Å². The van der Waals surface area contributed by atoms with Gasteiger partial charge in [0.2, 0.25) is 0 Å². The molecule has 0 aromatic carbocycles. The van der Waals surface area contributed by atoms with Crippen LogP contribution in [0.25, 0.3) is 0 Å². The van der Waals surface area contributed by atoms with Gasteiger partial charge in [0.25, 0.3) is 0 Å². The Morgan fingerprint density at radius 3 is 2.89 bits per heavy atom. The molecule has 0 amide bonds. The number of unbranched alkanes of at least 4 members (excludes halogenated alkanes) is 3. The highest BCUT2D eigenvalue weighted by atomic mass is 16.5. The van der Waals surface area contributed by atoms with Crippen molar-refractivity contribution in [2.24, 2.45) is 0 Å². The van der Waals surface area contributed by atoms with Crippen LogP contribution in [-0.2, 0) is 0 Å². The van der Waals surface area contributed by atoms with Gasteiger partial charge < -0.3 is 10.1 Å². The summed E-state index contributed by atoms with van der Waals surface area (Å²) in [5, 5.41) is 3.54. The van der Waals surface area contributed by atoms with Crippen LogP contribution in [0.2, 0.25) is 0 Å². The molecule has 0 spiro atoms.